The molecule has 3 heterocycles. The maximum absolute atomic E-state index is 12.3. The van der Waals surface area contributed by atoms with Crippen LogP contribution >= 0.6 is 22.7 Å². The van der Waals surface area contributed by atoms with E-state index >= 15 is 0 Å². The third kappa shape index (κ3) is 1.82. The number of nitrogens with two attached hydrogens (primary N) is 1. The summed E-state index contributed by atoms with van der Waals surface area (Å²) < 4.78 is 2.22. The zero-order valence-corrected chi connectivity index (χ0v) is 10.9. The average Bonchev–Trinajstić information content (AvgIpc) is 3.03. The van der Waals surface area contributed by atoms with E-state index < -0.39 is 0 Å². The minimum Gasteiger partial charge on any atom is -0.294 e. The van der Waals surface area contributed by atoms with Crippen LogP contribution in [0.1, 0.15) is 4.88 Å². The van der Waals surface area contributed by atoms with Crippen molar-refractivity contribution in [2.45, 2.75) is 6.54 Å². The van der Waals surface area contributed by atoms with Gasteiger partial charge in [0, 0.05) is 4.88 Å². The number of anilines is 1. The van der Waals surface area contributed by atoms with Crippen molar-refractivity contribution in [1.29, 1.82) is 0 Å². The third-order valence-electron chi connectivity index (χ3n) is 2.59. The van der Waals surface area contributed by atoms with E-state index in [0.717, 1.165) is 4.88 Å². The maximum atomic E-state index is 12.3. The molecule has 0 spiro atoms. The number of hydrogen-bond donors (Lipinski definition) is 2. The third-order valence-corrected chi connectivity index (χ3v) is 4.34. The van der Waals surface area contributed by atoms with Gasteiger partial charge in [-0.2, -0.15) is 0 Å². The van der Waals surface area contributed by atoms with Gasteiger partial charge in [-0.1, -0.05) is 6.07 Å². The highest BCUT2D eigenvalue weighted by Crippen LogP contribution is 2.18. The van der Waals surface area contributed by atoms with E-state index in [1.54, 1.807) is 15.9 Å². The predicted molar refractivity (Wildman–Crippen MR) is 75.1 cm³/mol. The monoisotopic (exact) mass is 278 g/mol. The van der Waals surface area contributed by atoms with Crippen molar-refractivity contribution < 1.29 is 0 Å². The van der Waals surface area contributed by atoms with Crippen LogP contribution in [0, 0.1) is 0 Å². The molecule has 3 aromatic heterocycles. The summed E-state index contributed by atoms with van der Waals surface area (Å²) in [5.41, 5.74) is 3.11. The Morgan fingerprint density at radius 3 is 2.94 bits per heavy atom. The number of nitrogens with one attached hydrogen (secondary N) is 1. The lowest BCUT2D eigenvalue weighted by Crippen LogP contribution is -2.26. The molecule has 0 amide bonds. The number of thiophene rings is 2. The lowest BCUT2D eigenvalue weighted by atomic mass is 10.4. The van der Waals surface area contributed by atoms with Crippen molar-refractivity contribution in [1.82, 2.24) is 9.55 Å². The summed E-state index contributed by atoms with van der Waals surface area (Å²) in [4.78, 5) is 17.8. The van der Waals surface area contributed by atoms with Crippen LogP contribution in [0.4, 0.5) is 5.95 Å². The van der Waals surface area contributed by atoms with Gasteiger partial charge in [0.05, 0.1) is 12.1 Å². The Morgan fingerprint density at radius 2 is 2.22 bits per heavy atom. The van der Waals surface area contributed by atoms with Crippen LogP contribution in [-0.4, -0.2) is 9.55 Å². The normalized spacial score (nSPS) is 10.9. The first-order valence-corrected chi connectivity index (χ1v) is 7.02. The van der Waals surface area contributed by atoms with E-state index in [-0.39, 0.29) is 5.56 Å². The summed E-state index contributed by atoms with van der Waals surface area (Å²) >= 11 is 3.00. The number of nitrogen functional groups attached to an aromatic ring is 1. The van der Waals surface area contributed by atoms with Crippen molar-refractivity contribution in [3.63, 3.8) is 0 Å². The first-order valence-electron chi connectivity index (χ1n) is 5.26. The summed E-state index contributed by atoms with van der Waals surface area (Å²) in [6, 6.07) is 5.76. The van der Waals surface area contributed by atoms with E-state index in [4.69, 9.17) is 5.84 Å². The molecule has 0 bridgehead atoms. The van der Waals surface area contributed by atoms with E-state index in [1.165, 1.54) is 11.3 Å². The van der Waals surface area contributed by atoms with Gasteiger partial charge in [0.25, 0.3) is 5.56 Å². The average molecular weight is 278 g/mol. The highest BCUT2D eigenvalue weighted by atomic mass is 32.1. The Morgan fingerprint density at radius 1 is 1.33 bits per heavy atom. The Kier molecular flexibility index (Phi) is 2.86. The summed E-state index contributed by atoms with van der Waals surface area (Å²) in [7, 11) is 0. The maximum Gasteiger partial charge on any atom is 0.273 e. The van der Waals surface area contributed by atoms with Crippen LogP contribution in [-0.2, 0) is 6.54 Å². The smallest absolute Gasteiger partial charge is 0.273 e. The highest BCUT2D eigenvalue weighted by Gasteiger charge is 2.11. The molecule has 18 heavy (non-hydrogen) atoms. The van der Waals surface area contributed by atoms with Crippen LogP contribution in [0.15, 0.2) is 33.8 Å². The Bertz CT molecular complexity index is 729. The summed E-state index contributed by atoms with van der Waals surface area (Å²) in [6.45, 7) is 0.483. The van der Waals surface area contributed by atoms with Gasteiger partial charge in [-0.05, 0) is 22.9 Å². The molecule has 5 nitrogen and oxygen atoms in total. The van der Waals surface area contributed by atoms with E-state index in [2.05, 4.69) is 10.4 Å². The molecular formula is C11H10N4OS2. The number of nitrogens with zero attached hydrogens (tertiary/aromatic N) is 2. The molecule has 0 saturated heterocycles. The van der Waals surface area contributed by atoms with Gasteiger partial charge < -0.3 is 0 Å². The molecule has 0 aliphatic rings. The zero-order chi connectivity index (χ0) is 12.5. The van der Waals surface area contributed by atoms with Crippen molar-refractivity contribution in [3.8, 4) is 0 Å². The molecule has 7 heteroatoms. The lowest BCUT2D eigenvalue weighted by molar-refractivity contribution is 0.765. The SMILES string of the molecule is NNc1nc2ccsc2c(=O)n1Cc1cccs1. The second-order valence-corrected chi connectivity index (χ2v) is 5.63. The van der Waals surface area contributed by atoms with Crippen LogP contribution in [0.25, 0.3) is 10.2 Å². The summed E-state index contributed by atoms with van der Waals surface area (Å²) in [6.07, 6.45) is 0. The second-order valence-electron chi connectivity index (χ2n) is 3.69. The fraction of sp³-hybridized carbons (Fsp3) is 0.0909. The quantitative estimate of drug-likeness (QED) is 0.566. The number of aromatic nitrogens is 2. The second kappa shape index (κ2) is 4.52. The fourth-order valence-corrected chi connectivity index (χ4v) is 3.23. The van der Waals surface area contributed by atoms with Crippen LogP contribution in [0.5, 0.6) is 0 Å². The summed E-state index contributed by atoms with van der Waals surface area (Å²) in [5.74, 6) is 5.83. The van der Waals surface area contributed by atoms with Crippen molar-refractivity contribution in [2.75, 3.05) is 5.43 Å². The first kappa shape index (κ1) is 11.4. The molecule has 3 N–H and O–H groups in total. The number of hydrazine groups is 1. The van der Waals surface area contributed by atoms with Gasteiger partial charge in [0.15, 0.2) is 0 Å². The van der Waals surface area contributed by atoms with Gasteiger partial charge in [-0.15, -0.1) is 22.7 Å². The summed E-state index contributed by atoms with van der Waals surface area (Å²) in [5, 5.41) is 3.84. The van der Waals surface area contributed by atoms with Crippen molar-refractivity contribution in [2.24, 2.45) is 5.84 Å². The predicted octanol–water partition coefficient (Wildman–Crippen LogP) is 1.85. The first-order chi connectivity index (χ1) is 8.79. The largest absolute Gasteiger partial charge is 0.294 e. The van der Waals surface area contributed by atoms with E-state index in [0.29, 0.717) is 22.7 Å². The van der Waals surface area contributed by atoms with Gasteiger partial charge in [-0.25, -0.2) is 10.8 Å². The molecule has 0 radical (unpaired) electrons. The molecule has 0 saturated carbocycles. The topological polar surface area (TPSA) is 72.9 Å². The Balaban J connectivity index is 2.19. The van der Waals surface area contributed by atoms with E-state index in [9.17, 15) is 4.79 Å². The van der Waals surface area contributed by atoms with E-state index in [1.807, 2.05) is 29.0 Å². The van der Waals surface area contributed by atoms with Crippen LogP contribution in [0.2, 0.25) is 0 Å². The molecule has 92 valence electrons. The molecular weight excluding hydrogens is 268 g/mol. The molecule has 0 aliphatic carbocycles. The lowest BCUT2D eigenvalue weighted by Gasteiger charge is -2.10. The number of rotatable bonds is 3. The minimum absolute atomic E-state index is 0.0589. The van der Waals surface area contributed by atoms with Crippen LogP contribution < -0.4 is 16.8 Å². The Labute approximate surface area is 110 Å². The minimum atomic E-state index is -0.0589. The number of fused-ring (bicyclic) bond motifs is 1. The fourth-order valence-electron chi connectivity index (χ4n) is 1.76. The molecule has 0 aliphatic heterocycles. The molecule has 0 aromatic carbocycles. The standard InChI is InChI=1S/C11H10N4OS2/c12-14-11-13-8-3-5-18-9(8)10(16)15(11)6-7-2-1-4-17-7/h1-5H,6,12H2,(H,13,14). The van der Waals surface area contributed by atoms with Gasteiger partial charge >= 0.3 is 0 Å². The highest BCUT2D eigenvalue weighted by molar-refractivity contribution is 7.17. The number of hydrogen-bond acceptors (Lipinski definition) is 6. The molecule has 3 aromatic rings. The van der Waals surface area contributed by atoms with Crippen molar-refractivity contribution >= 4 is 38.8 Å². The van der Waals surface area contributed by atoms with Gasteiger partial charge in [0.2, 0.25) is 5.95 Å². The molecule has 3 rings (SSSR count). The molecule has 0 fully saturated rings. The zero-order valence-electron chi connectivity index (χ0n) is 9.29. The molecule has 0 atom stereocenters. The van der Waals surface area contributed by atoms with Gasteiger partial charge in [-0.3, -0.25) is 14.8 Å². The molecule has 0 unspecified atom stereocenters. The van der Waals surface area contributed by atoms with Gasteiger partial charge in [0.1, 0.15) is 4.70 Å². The van der Waals surface area contributed by atoms with Crippen LogP contribution in [0.3, 0.4) is 0 Å². The Hall–Kier alpha value is -1.70. The van der Waals surface area contributed by atoms with Crippen molar-refractivity contribution in [3.05, 3.63) is 44.2 Å².